The maximum atomic E-state index is 13.3. The van der Waals surface area contributed by atoms with E-state index in [1.54, 1.807) is 24.3 Å². The first kappa shape index (κ1) is 46.9. The summed E-state index contributed by atoms with van der Waals surface area (Å²) in [4.78, 5) is 48.7. The van der Waals surface area contributed by atoms with Gasteiger partial charge in [0, 0.05) is 12.2 Å². The van der Waals surface area contributed by atoms with E-state index >= 15 is 0 Å². The van der Waals surface area contributed by atoms with E-state index in [1.807, 2.05) is 72.8 Å². The largest absolute Gasteiger partial charge is 0.494 e. The van der Waals surface area contributed by atoms with Crippen LogP contribution < -0.4 is 9.47 Å². The first-order valence-corrected chi connectivity index (χ1v) is 22.0. The van der Waals surface area contributed by atoms with Gasteiger partial charge in [0.15, 0.2) is 0 Å². The van der Waals surface area contributed by atoms with Crippen LogP contribution >= 0.6 is 0 Å². The van der Waals surface area contributed by atoms with Crippen molar-refractivity contribution in [3.05, 3.63) is 133 Å². The molecule has 0 radical (unpaired) electrons. The third-order valence-electron chi connectivity index (χ3n) is 10.7. The molecular weight excluding hydrogens is 785 g/mol. The van der Waals surface area contributed by atoms with E-state index in [0.717, 1.165) is 111 Å². The van der Waals surface area contributed by atoms with E-state index in [-0.39, 0.29) is 11.9 Å². The Morgan fingerprint density at radius 2 is 0.742 bits per heavy atom. The number of hydrogen-bond donors (Lipinski definition) is 0. The van der Waals surface area contributed by atoms with Crippen LogP contribution in [0, 0.1) is 0 Å². The normalized spacial score (nSPS) is 14.5. The van der Waals surface area contributed by atoms with Crippen molar-refractivity contribution in [2.24, 2.45) is 0 Å². The number of benzene rings is 4. The van der Waals surface area contributed by atoms with Crippen molar-refractivity contribution in [3.63, 3.8) is 0 Å². The van der Waals surface area contributed by atoms with Gasteiger partial charge in [-0.3, -0.25) is 0 Å². The van der Waals surface area contributed by atoms with E-state index in [2.05, 4.69) is 13.2 Å². The van der Waals surface area contributed by atoms with E-state index in [9.17, 15) is 19.2 Å². The van der Waals surface area contributed by atoms with Crippen molar-refractivity contribution in [2.45, 2.75) is 102 Å². The summed E-state index contributed by atoms with van der Waals surface area (Å²) in [5, 5.41) is 0. The highest BCUT2D eigenvalue weighted by molar-refractivity contribution is 5.91. The van der Waals surface area contributed by atoms with Crippen LogP contribution in [0.4, 0.5) is 0 Å². The minimum Gasteiger partial charge on any atom is -0.494 e. The quantitative estimate of drug-likeness (QED) is 0.0261. The molecule has 1 aliphatic carbocycles. The van der Waals surface area contributed by atoms with Crippen molar-refractivity contribution in [1.29, 1.82) is 0 Å². The van der Waals surface area contributed by atoms with E-state index in [4.69, 9.17) is 28.4 Å². The highest BCUT2D eigenvalue weighted by Crippen LogP contribution is 2.29. The van der Waals surface area contributed by atoms with Gasteiger partial charge in [0.05, 0.1) is 37.6 Å². The SMILES string of the molecule is C=CC(=O)OCCCCCCCOc1ccc(-c2ccc(C(=O)O[C@@H]3CCCC[C@H]3OC(=O)c3ccc(-c4ccc(OCCCCCCCOC(=O)C=C)cc4)cc3)cc2)cc1. The molecule has 0 heterocycles. The minimum atomic E-state index is -0.526. The predicted octanol–water partition coefficient (Wildman–Crippen LogP) is 11.5. The molecule has 0 N–H and O–H groups in total. The summed E-state index contributed by atoms with van der Waals surface area (Å²) in [5.41, 5.74) is 4.81. The van der Waals surface area contributed by atoms with Gasteiger partial charge in [-0.05, 0) is 122 Å². The molecule has 0 spiro atoms. The van der Waals surface area contributed by atoms with Gasteiger partial charge in [0.1, 0.15) is 23.7 Å². The molecule has 1 fully saturated rings. The topological polar surface area (TPSA) is 124 Å². The molecule has 0 aliphatic heterocycles. The van der Waals surface area contributed by atoms with Gasteiger partial charge in [-0.25, -0.2) is 19.2 Å². The molecule has 4 aromatic rings. The Hall–Kier alpha value is -6.16. The van der Waals surface area contributed by atoms with Crippen molar-refractivity contribution in [2.75, 3.05) is 26.4 Å². The second-order valence-electron chi connectivity index (χ2n) is 15.4. The lowest BCUT2D eigenvalue weighted by atomic mass is 9.94. The van der Waals surface area contributed by atoms with Gasteiger partial charge in [0.2, 0.25) is 0 Å². The number of carbonyl (C=O) groups excluding carboxylic acids is 4. The predicted molar refractivity (Wildman–Crippen MR) is 240 cm³/mol. The summed E-state index contributed by atoms with van der Waals surface area (Å²) < 4.78 is 33.7. The van der Waals surface area contributed by atoms with Gasteiger partial charge in [0.25, 0.3) is 0 Å². The number of carbonyl (C=O) groups is 4. The number of unbranched alkanes of at least 4 members (excludes halogenated alkanes) is 8. The van der Waals surface area contributed by atoms with Crippen LogP contribution in [0.15, 0.2) is 122 Å². The van der Waals surface area contributed by atoms with Crippen molar-refractivity contribution >= 4 is 23.9 Å². The summed E-state index contributed by atoms with van der Waals surface area (Å²) in [7, 11) is 0. The highest BCUT2D eigenvalue weighted by Gasteiger charge is 2.32. The van der Waals surface area contributed by atoms with Crippen LogP contribution in [-0.4, -0.2) is 62.5 Å². The first-order valence-electron chi connectivity index (χ1n) is 22.0. The molecule has 0 bridgehead atoms. The summed E-state index contributed by atoms with van der Waals surface area (Å²) in [6.45, 7) is 8.91. The first-order chi connectivity index (χ1) is 30.3. The second kappa shape index (κ2) is 26.2. The molecule has 4 aromatic carbocycles. The van der Waals surface area contributed by atoms with Crippen LogP contribution in [0.2, 0.25) is 0 Å². The molecule has 10 nitrogen and oxygen atoms in total. The smallest absolute Gasteiger partial charge is 0.338 e. The molecule has 5 rings (SSSR count). The molecule has 10 heteroatoms. The second-order valence-corrected chi connectivity index (χ2v) is 15.4. The maximum Gasteiger partial charge on any atom is 0.338 e. The zero-order valence-electron chi connectivity index (χ0n) is 35.8. The molecule has 62 heavy (non-hydrogen) atoms. The van der Waals surface area contributed by atoms with Gasteiger partial charge in [-0.15, -0.1) is 0 Å². The highest BCUT2D eigenvalue weighted by atomic mass is 16.6. The Bertz CT molecular complexity index is 1860. The Morgan fingerprint density at radius 3 is 1.08 bits per heavy atom. The zero-order valence-corrected chi connectivity index (χ0v) is 35.8. The van der Waals surface area contributed by atoms with Crippen LogP contribution in [0.5, 0.6) is 11.5 Å². The Kier molecular flexibility index (Phi) is 19.8. The van der Waals surface area contributed by atoms with Crippen molar-refractivity contribution < 1.29 is 47.6 Å². The van der Waals surface area contributed by atoms with E-state index in [1.165, 1.54) is 12.2 Å². The summed E-state index contributed by atoms with van der Waals surface area (Å²) in [6, 6.07) is 30.4. The van der Waals surface area contributed by atoms with E-state index in [0.29, 0.717) is 50.4 Å². The lowest BCUT2D eigenvalue weighted by Crippen LogP contribution is -2.37. The maximum absolute atomic E-state index is 13.3. The number of rotatable bonds is 26. The van der Waals surface area contributed by atoms with Gasteiger partial charge < -0.3 is 28.4 Å². The minimum absolute atomic E-state index is 0.376. The fourth-order valence-electron chi connectivity index (χ4n) is 7.14. The molecule has 328 valence electrons. The molecule has 0 saturated heterocycles. The van der Waals surface area contributed by atoms with Crippen LogP contribution in [-0.2, 0) is 28.5 Å². The average molecular weight is 845 g/mol. The molecule has 1 aliphatic rings. The molecule has 2 atom stereocenters. The summed E-state index contributed by atoms with van der Waals surface area (Å²) in [6.07, 6.45) is 14.1. The average Bonchev–Trinajstić information content (AvgIpc) is 3.31. The third-order valence-corrected chi connectivity index (χ3v) is 10.7. The van der Waals surface area contributed by atoms with Gasteiger partial charge in [-0.2, -0.15) is 0 Å². The molecule has 0 amide bonds. The standard InChI is InChI=1S/C52H60O10/c1-3-49(53)59-37-15-9-5-7-13-35-57-45-31-27-41(28-32-45)39-19-23-43(24-20-39)51(55)61-47-17-11-12-18-48(47)62-52(56)44-25-21-40(22-26-44)42-29-33-46(34-30-42)58-36-14-8-6-10-16-38-60-50(54)4-2/h3-4,19-34,47-48H,1-2,5-18,35-38H2/t47-,48-/m1/s1. The summed E-state index contributed by atoms with van der Waals surface area (Å²) >= 11 is 0. The van der Waals surface area contributed by atoms with E-state index < -0.39 is 24.1 Å². The van der Waals surface area contributed by atoms with Gasteiger partial charge in [-0.1, -0.05) is 100 Å². The van der Waals surface area contributed by atoms with Crippen LogP contribution in [0.25, 0.3) is 22.3 Å². The Morgan fingerprint density at radius 1 is 0.435 bits per heavy atom. The number of ether oxygens (including phenoxy) is 6. The fourth-order valence-corrected chi connectivity index (χ4v) is 7.14. The van der Waals surface area contributed by atoms with Gasteiger partial charge >= 0.3 is 23.9 Å². The van der Waals surface area contributed by atoms with Crippen LogP contribution in [0.3, 0.4) is 0 Å². The molecule has 0 aromatic heterocycles. The fraction of sp³-hybridized carbons (Fsp3) is 0.385. The molecule has 1 saturated carbocycles. The molecule has 0 unspecified atom stereocenters. The zero-order chi connectivity index (χ0) is 43.8. The number of hydrogen-bond acceptors (Lipinski definition) is 10. The third kappa shape index (κ3) is 16.0. The Labute approximate surface area is 366 Å². The van der Waals surface area contributed by atoms with Crippen LogP contribution in [0.1, 0.15) is 111 Å². The lowest BCUT2D eigenvalue weighted by Gasteiger charge is -2.30. The Balaban J connectivity index is 1.00. The monoisotopic (exact) mass is 844 g/mol. The van der Waals surface area contributed by atoms with Crippen molar-refractivity contribution in [3.8, 4) is 33.8 Å². The number of esters is 4. The summed E-state index contributed by atoms with van der Waals surface area (Å²) in [5.74, 6) is -0.0309. The molecular formula is C52H60O10. The lowest BCUT2D eigenvalue weighted by molar-refractivity contribution is -0.138. The van der Waals surface area contributed by atoms with Crippen molar-refractivity contribution in [1.82, 2.24) is 0 Å².